The Bertz CT molecular complexity index is 592. The number of nitrogens with two attached hydrogens (primary N) is 1. The fourth-order valence-electron chi connectivity index (χ4n) is 2.13. The molecule has 1 aromatic heterocycles. The summed E-state index contributed by atoms with van der Waals surface area (Å²) < 4.78 is 5.40. The van der Waals surface area contributed by atoms with Crippen LogP contribution in [0.25, 0.3) is 11.0 Å². The maximum Gasteiger partial charge on any atom is 0.257 e. The third-order valence-corrected chi connectivity index (χ3v) is 3.28. The summed E-state index contributed by atoms with van der Waals surface area (Å²) in [6, 6.07) is 7.55. The van der Waals surface area contributed by atoms with Crippen LogP contribution in [0.4, 0.5) is 0 Å². The lowest BCUT2D eigenvalue weighted by Crippen LogP contribution is -2.39. The topological polar surface area (TPSA) is 59.5 Å². The lowest BCUT2D eigenvalue weighted by atomic mass is 9.93. The van der Waals surface area contributed by atoms with E-state index in [0.29, 0.717) is 18.7 Å². The van der Waals surface area contributed by atoms with Crippen molar-refractivity contribution < 1.29 is 9.21 Å². The molecule has 0 bridgehead atoms. The van der Waals surface area contributed by atoms with E-state index in [2.05, 4.69) is 0 Å². The van der Waals surface area contributed by atoms with Gasteiger partial charge in [-0.1, -0.05) is 32.0 Å². The number of nitrogens with zero attached hydrogens (tertiary/aromatic N) is 1. The number of rotatable bonds is 4. The van der Waals surface area contributed by atoms with E-state index in [-0.39, 0.29) is 23.7 Å². The number of hydrogen-bond donors (Lipinski definition) is 1. The molecule has 2 aromatic rings. The number of fused-ring (bicyclic) bond motifs is 1. The second kappa shape index (κ2) is 6.29. The van der Waals surface area contributed by atoms with E-state index < -0.39 is 0 Å². The number of benzene rings is 1. The molecule has 0 fully saturated rings. The van der Waals surface area contributed by atoms with Gasteiger partial charge in [-0.25, -0.2) is 0 Å². The highest BCUT2D eigenvalue weighted by Gasteiger charge is 2.23. The number of para-hydroxylation sites is 1. The predicted molar refractivity (Wildman–Crippen MR) is 83.3 cm³/mol. The number of amides is 1. The highest BCUT2D eigenvalue weighted by atomic mass is 35.5. The molecule has 1 aromatic carbocycles. The second-order valence-electron chi connectivity index (χ2n) is 5.68. The monoisotopic (exact) mass is 296 g/mol. The van der Waals surface area contributed by atoms with Gasteiger partial charge in [-0.3, -0.25) is 4.79 Å². The Labute approximate surface area is 125 Å². The first-order chi connectivity index (χ1) is 8.94. The normalized spacial score (nSPS) is 11.2. The molecular formula is C15H21ClN2O2. The van der Waals surface area contributed by atoms with Crippen LogP contribution in [0.5, 0.6) is 0 Å². The molecule has 5 heteroatoms. The molecule has 110 valence electrons. The van der Waals surface area contributed by atoms with E-state index in [1.807, 2.05) is 38.1 Å². The summed E-state index contributed by atoms with van der Waals surface area (Å²) in [5.74, 6) is -0.0357. The maximum atomic E-state index is 12.4. The van der Waals surface area contributed by atoms with Crippen LogP contribution < -0.4 is 5.73 Å². The summed E-state index contributed by atoms with van der Waals surface area (Å²) in [6.45, 7) is 5.24. The second-order valence-corrected chi connectivity index (χ2v) is 5.68. The minimum Gasteiger partial charge on any atom is -0.463 e. The van der Waals surface area contributed by atoms with Crippen LogP contribution in [0.1, 0.15) is 24.2 Å². The van der Waals surface area contributed by atoms with E-state index in [9.17, 15) is 4.79 Å². The minimum absolute atomic E-state index is 0. The van der Waals surface area contributed by atoms with Crippen LogP contribution in [-0.2, 0) is 0 Å². The van der Waals surface area contributed by atoms with Crippen molar-refractivity contribution in [2.24, 2.45) is 11.1 Å². The molecule has 0 aliphatic rings. The molecule has 4 nitrogen and oxygen atoms in total. The highest BCUT2D eigenvalue weighted by Crippen LogP contribution is 2.23. The first-order valence-electron chi connectivity index (χ1n) is 6.36. The van der Waals surface area contributed by atoms with E-state index in [1.165, 1.54) is 6.26 Å². The Hall–Kier alpha value is -1.52. The van der Waals surface area contributed by atoms with Crippen molar-refractivity contribution in [1.82, 2.24) is 4.90 Å². The average Bonchev–Trinajstić information content (AvgIpc) is 2.81. The van der Waals surface area contributed by atoms with Crippen LogP contribution in [0, 0.1) is 5.41 Å². The van der Waals surface area contributed by atoms with Crippen LogP contribution in [0.15, 0.2) is 34.9 Å². The fraction of sp³-hybridized carbons (Fsp3) is 0.400. The van der Waals surface area contributed by atoms with Crippen LogP contribution in [0.2, 0.25) is 0 Å². The maximum absolute atomic E-state index is 12.4. The molecule has 0 spiro atoms. The third kappa shape index (κ3) is 3.32. The summed E-state index contributed by atoms with van der Waals surface area (Å²) in [4.78, 5) is 14.1. The number of furan rings is 1. The molecule has 0 aliphatic carbocycles. The molecule has 2 N–H and O–H groups in total. The number of halogens is 1. The first kappa shape index (κ1) is 16.5. The fourth-order valence-corrected chi connectivity index (χ4v) is 2.13. The van der Waals surface area contributed by atoms with Gasteiger partial charge in [0.25, 0.3) is 5.91 Å². The van der Waals surface area contributed by atoms with Gasteiger partial charge in [-0.15, -0.1) is 12.4 Å². The smallest absolute Gasteiger partial charge is 0.257 e. The van der Waals surface area contributed by atoms with Gasteiger partial charge >= 0.3 is 0 Å². The van der Waals surface area contributed by atoms with Crippen molar-refractivity contribution in [3.8, 4) is 0 Å². The van der Waals surface area contributed by atoms with E-state index >= 15 is 0 Å². The van der Waals surface area contributed by atoms with Crippen molar-refractivity contribution in [2.45, 2.75) is 13.8 Å². The summed E-state index contributed by atoms with van der Waals surface area (Å²) >= 11 is 0. The van der Waals surface area contributed by atoms with Gasteiger partial charge in [0.15, 0.2) is 0 Å². The zero-order valence-electron chi connectivity index (χ0n) is 12.1. The molecule has 1 heterocycles. The lowest BCUT2D eigenvalue weighted by molar-refractivity contribution is 0.0741. The molecule has 0 saturated heterocycles. The quantitative estimate of drug-likeness (QED) is 0.944. The number of carbonyl (C=O) groups excluding carboxylic acids is 1. The van der Waals surface area contributed by atoms with Gasteiger partial charge in [0.05, 0.1) is 5.56 Å². The summed E-state index contributed by atoms with van der Waals surface area (Å²) in [5, 5.41) is 0.852. The van der Waals surface area contributed by atoms with Crippen molar-refractivity contribution >= 4 is 29.3 Å². The SMILES string of the molecule is CN(CC(C)(C)CN)C(=O)c1coc2ccccc12.Cl. The zero-order chi connectivity index (χ0) is 14.0. The Morgan fingerprint density at radius 3 is 2.65 bits per heavy atom. The molecule has 0 atom stereocenters. The van der Waals surface area contributed by atoms with E-state index in [0.717, 1.165) is 11.0 Å². The van der Waals surface area contributed by atoms with Crippen molar-refractivity contribution in [1.29, 1.82) is 0 Å². The molecule has 0 unspecified atom stereocenters. The van der Waals surface area contributed by atoms with Crippen molar-refractivity contribution in [2.75, 3.05) is 20.1 Å². The molecule has 20 heavy (non-hydrogen) atoms. The molecule has 0 aliphatic heterocycles. The molecule has 0 saturated carbocycles. The summed E-state index contributed by atoms with van der Waals surface area (Å²) in [5.41, 5.74) is 6.95. The summed E-state index contributed by atoms with van der Waals surface area (Å²) in [6.07, 6.45) is 1.53. The largest absolute Gasteiger partial charge is 0.463 e. The van der Waals surface area contributed by atoms with Gasteiger partial charge in [-0.2, -0.15) is 0 Å². The highest BCUT2D eigenvalue weighted by molar-refractivity contribution is 6.05. The molecule has 0 radical (unpaired) electrons. The van der Waals surface area contributed by atoms with Crippen molar-refractivity contribution in [3.63, 3.8) is 0 Å². The average molecular weight is 297 g/mol. The van der Waals surface area contributed by atoms with Gasteiger partial charge in [0.1, 0.15) is 11.8 Å². The first-order valence-corrected chi connectivity index (χ1v) is 6.36. The standard InChI is InChI=1S/C15H20N2O2.ClH/c1-15(2,9-16)10-17(3)14(18)12-8-19-13-7-5-4-6-11(12)13;/h4-8H,9-10,16H2,1-3H3;1H. The number of hydrogen-bond acceptors (Lipinski definition) is 3. The lowest BCUT2D eigenvalue weighted by Gasteiger charge is -2.28. The minimum atomic E-state index is -0.0933. The van der Waals surface area contributed by atoms with Crippen LogP contribution >= 0.6 is 12.4 Å². The van der Waals surface area contributed by atoms with Crippen LogP contribution in [0.3, 0.4) is 0 Å². The molecule has 2 rings (SSSR count). The summed E-state index contributed by atoms with van der Waals surface area (Å²) in [7, 11) is 1.79. The van der Waals surface area contributed by atoms with Gasteiger partial charge in [-0.05, 0) is 18.0 Å². The van der Waals surface area contributed by atoms with Crippen LogP contribution in [-0.4, -0.2) is 30.9 Å². The molecular weight excluding hydrogens is 276 g/mol. The molecule has 1 amide bonds. The van der Waals surface area contributed by atoms with Crippen molar-refractivity contribution in [3.05, 3.63) is 36.1 Å². The Kier molecular flexibility index (Phi) is 5.20. The third-order valence-electron chi connectivity index (χ3n) is 3.28. The Morgan fingerprint density at radius 2 is 2.00 bits per heavy atom. The number of carbonyl (C=O) groups is 1. The zero-order valence-corrected chi connectivity index (χ0v) is 12.9. The Morgan fingerprint density at radius 1 is 1.35 bits per heavy atom. The Balaban J connectivity index is 0.00000200. The predicted octanol–water partition coefficient (Wildman–Crippen LogP) is 2.91. The van der Waals surface area contributed by atoms with Gasteiger partial charge in [0.2, 0.25) is 0 Å². The van der Waals surface area contributed by atoms with E-state index in [1.54, 1.807) is 11.9 Å². The van der Waals surface area contributed by atoms with E-state index in [4.69, 9.17) is 10.2 Å². The van der Waals surface area contributed by atoms with Gasteiger partial charge < -0.3 is 15.1 Å². The van der Waals surface area contributed by atoms with Gasteiger partial charge in [0, 0.05) is 19.0 Å².